The first kappa shape index (κ1) is 49.7. The van der Waals surface area contributed by atoms with E-state index in [2.05, 4.69) is 20.9 Å². The lowest BCUT2D eigenvalue weighted by Gasteiger charge is -2.35. The molecule has 360 valence electrons. The van der Waals surface area contributed by atoms with Crippen molar-refractivity contribution < 1.29 is 33.5 Å². The number of amides is 6. The van der Waals surface area contributed by atoms with E-state index < -0.39 is 41.6 Å². The van der Waals surface area contributed by atoms with Crippen molar-refractivity contribution in [1.29, 1.82) is 0 Å². The molecule has 6 amide bonds. The molecule has 5 atom stereocenters. The van der Waals surface area contributed by atoms with Gasteiger partial charge < -0.3 is 31.3 Å². The fourth-order valence-electron chi connectivity index (χ4n) is 9.35. The Bertz CT molecular complexity index is 2500. The maximum Gasteiger partial charge on any atom is 0.246 e. The van der Waals surface area contributed by atoms with Crippen molar-refractivity contribution in [3.8, 4) is 10.4 Å². The number of nitrogens with one attached hydrogen (secondary N) is 3. The van der Waals surface area contributed by atoms with E-state index in [1.807, 2.05) is 119 Å². The summed E-state index contributed by atoms with van der Waals surface area (Å²) in [5.41, 5.74) is 14.6. The summed E-state index contributed by atoms with van der Waals surface area (Å²) in [6.45, 7) is 10.6. The van der Waals surface area contributed by atoms with Gasteiger partial charge in [0.15, 0.2) is 0 Å². The summed E-state index contributed by atoms with van der Waals surface area (Å²) in [5.74, 6) is -1.51. The number of anilines is 1. The molecule has 0 aliphatic carbocycles. The molecule has 4 aromatic rings. The minimum absolute atomic E-state index is 0.0538. The first-order valence-corrected chi connectivity index (χ1v) is 24.7. The fourth-order valence-corrected chi connectivity index (χ4v) is 10.2. The molecule has 0 saturated carbocycles. The maximum atomic E-state index is 14.0. The van der Waals surface area contributed by atoms with Gasteiger partial charge >= 0.3 is 0 Å². The molecule has 68 heavy (non-hydrogen) atoms. The average Bonchev–Trinajstić information content (AvgIpc) is 4.06. The summed E-state index contributed by atoms with van der Waals surface area (Å²) in [6.07, 6.45) is 8.00. The van der Waals surface area contributed by atoms with E-state index in [4.69, 9.17) is 10.5 Å². The van der Waals surface area contributed by atoms with E-state index in [9.17, 15) is 28.8 Å². The van der Waals surface area contributed by atoms with Crippen molar-refractivity contribution in [2.75, 3.05) is 11.4 Å². The van der Waals surface area contributed by atoms with Crippen LogP contribution < -0.4 is 26.6 Å². The number of ether oxygens (including phenoxy) is 1. The molecule has 4 heterocycles. The second-order valence-electron chi connectivity index (χ2n) is 19.3. The van der Waals surface area contributed by atoms with Crippen molar-refractivity contribution in [3.05, 3.63) is 112 Å². The molecular formula is C53H65N7O7S. The van der Waals surface area contributed by atoms with Gasteiger partial charge in [-0.15, -0.1) is 11.3 Å². The summed E-state index contributed by atoms with van der Waals surface area (Å²) in [7, 11) is 0. The van der Waals surface area contributed by atoms with Crippen LogP contribution in [0, 0.1) is 12.3 Å². The van der Waals surface area contributed by atoms with Crippen LogP contribution in [0.1, 0.15) is 113 Å². The van der Waals surface area contributed by atoms with Crippen molar-refractivity contribution in [1.82, 2.24) is 25.8 Å². The van der Waals surface area contributed by atoms with Gasteiger partial charge in [-0.2, -0.15) is 0 Å². The lowest BCUT2D eigenvalue weighted by molar-refractivity contribution is -0.143. The van der Waals surface area contributed by atoms with Crippen LogP contribution in [0.2, 0.25) is 0 Å². The summed E-state index contributed by atoms with van der Waals surface area (Å²) in [5, 5.41) is 9.11. The van der Waals surface area contributed by atoms with Crippen LogP contribution in [0.25, 0.3) is 16.5 Å². The van der Waals surface area contributed by atoms with Crippen molar-refractivity contribution in [2.24, 2.45) is 11.1 Å². The third kappa shape index (κ3) is 12.3. The Morgan fingerprint density at radius 3 is 2.35 bits per heavy atom. The number of hydrogen-bond acceptors (Lipinski definition) is 9. The fraction of sp³-hybridized carbons (Fsp3) is 0.453. The third-order valence-electron chi connectivity index (χ3n) is 13.2. The lowest BCUT2D eigenvalue weighted by atomic mass is 9.85. The molecular weight excluding hydrogens is 879 g/mol. The number of likely N-dealkylation sites (tertiary alicyclic amines) is 1. The van der Waals surface area contributed by atoms with E-state index in [0.29, 0.717) is 51.6 Å². The van der Waals surface area contributed by atoms with Gasteiger partial charge in [0.2, 0.25) is 35.4 Å². The molecule has 7 rings (SSSR count). The predicted molar refractivity (Wildman–Crippen MR) is 264 cm³/mol. The summed E-state index contributed by atoms with van der Waals surface area (Å²) in [4.78, 5) is 88.4. The Balaban J connectivity index is 0.865. The van der Waals surface area contributed by atoms with Gasteiger partial charge in [-0.1, -0.05) is 99.7 Å². The highest BCUT2D eigenvalue weighted by atomic mass is 32.1. The Hall–Kier alpha value is -6.19. The van der Waals surface area contributed by atoms with Crippen LogP contribution >= 0.6 is 11.3 Å². The zero-order valence-corrected chi connectivity index (χ0v) is 40.7. The van der Waals surface area contributed by atoms with Gasteiger partial charge in [-0.05, 0) is 91.2 Å². The van der Waals surface area contributed by atoms with Crippen LogP contribution in [0.5, 0.6) is 0 Å². The quantitative estimate of drug-likeness (QED) is 0.0798. The number of thiazole rings is 1. The zero-order chi connectivity index (χ0) is 48.5. The molecule has 0 radical (unpaired) electrons. The van der Waals surface area contributed by atoms with Crippen LogP contribution in [-0.2, 0) is 59.5 Å². The first-order valence-electron chi connectivity index (χ1n) is 23.8. The number of aryl methyl sites for hydroxylation is 2. The Kier molecular flexibility index (Phi) is 16.3. The monoisotopic (exact) mass is 943 g/mol. The zero-order valence-electron chi connectivity index (χ0n) is 39.8. The number of carbonyl (C=O) groups is 6. The minimum Gasteiger partial charge on any atom is -0.372 e. The highest BCUT2D eigenvalue weighted by Crippen LogP contribution is 2.39. The molecule has 1 aromatic heterocycles. The van der Waals surface area contributed by atoms with Crippen molar-refractivity contribution >= 4 is 58.5 Å². The number of nitrogens with zero attached hydrogens (tertiary/aromatic N) is 3. The average molecular weight is 944 g/mol. The highest BCUT2D eigenvalue weighted by molar-refractivity contribution is 7.13. The Morgan fingerprint density at radius 1 is 0.912 bits per heavy atom. The Morgan fingerprint density at radius 2 is 1.65 bits per heavy atom. The second kappa shape index (κ2) is 22.3. The molecule has 3 aromatic carbocycles. The molecule has 1 saturated heterocycles. The number of benzene rings is 3. The van der Waals surface area contributed by atoms with E-state index in [1.54, 1.807) is 21.1 Å². The third-order valence-corrected chi connectivity index (χ3v) is 14.2. The highest BCUT2D eigenvalue weighted by Gasteiger charge is 2.43. The summed E-state index contributed by atoms with van der Waals surface area (Å²) < 4.78 is 6.24. The second-order valence-corrected chi connectivity index (χ2v) is 20.2. The lowest BCUT2D eigenvalue weighted by Crippen LogP contribution is -2.57. The smallest absolute Gasteiger partial charge is 0.246 e. The Labute approximate surface area is 403 Å². The van der Waals surface area contributed by atoms with Crippen LogP contribution in [0.4, 0.5) is 5.69 Å². The number of allylic oxidation sites excluding steroid dienone is 1. The van der Waals surface area contributed by atoms with E-state index in [0.717, 1.165) is 62.5 Å². The standard InChI is InChI=1S/C53H65N7O7S/c1-33-48(68-32-56-33)39-24-22-36(23-25-39)30-55-50(64)42-15-10-28-59(42)52(66)49(53(3,4)5)58-45(62)16-7-6-11-35-18-20-37(21-19-35)31-67-34(2)41(26-27-44(54)61)57-51(65)43-29-40-14-8-12-38-13-9-17-46(63)60(43)47(38)40/h6,8,11-12,14,18-25,32,34,41-43,49H,7,9-10,13,15-17,26-31H2,1-5H3,(H2,54,61)(H,55,64)(H,57,65)(H,58,62)/b11-6+/t34-,41+,42+,43+,49-/m1/s1. The van der Waals surface area contributed by atoms with Gasteiger partial charge in [-0.3, -0.25) is 33.7 Å². The number of rotatable bonds is 19. The van der Waals surface area contributed by atoms with Gasteiger partial charge in [0.1, 0.15) is 18.1 Å². The van der Waals surface area contributed by atoms with Crippen LogP contribution in [0.3, 0.4) is 0 Å². The first-order chi connectivity index (χ1) is 32.6. The topological polar surface area (TPSA) is 193 Å². The molecule has 0 bridgehead atoms. The predicted octanol–water partition coefficient (Wildman–Crippen LogP) is 6.70. The van der Waals surface area contributed by atoms with E-state index in [1.165, 1.54) is 0 Å². The van der Waals surface area contributed by atoms with Gasteiger partial charge in [0, 0.05) is 38.8 Å². The molecule has 0 spiro atoms. The van der Waals surface area contributed by atoms with Crippen LogP contribution in [0.15, 0.2) is 78.3 Å². The number of para-hydroxylation sites is 1. The van der Waals surface area contributed by atoms with Crippen LogP contribution in [-0.4, -0.2) is 82.1 Å². The number of aromatic nitrogens is 1. The van der Waals surface area contributed by atoms with E-state index >= 15 is 0 Å². The van der Waals surface area contributed by atoms with Gasteiger partial charge in [0.25, 0.3) is 0 Å². The largest absolute Gasteiger partial charge is 0.372 e. The number of carbonyl (C=O) groups excluding carboxylic acids is 6. The molecule has 15 heteroatoms. The normalized spacial score (nSPS) is 18.2. The molecule has 3 aliphatic rings. The molecule has 0 unspecified atom stereocenters. The van der Waals surface area contributed by atoms with E-state index in [-0.39, 0.29) is 49.0 Å². The van der Waals surface area contributed by atoms with Crippen molar-refractivity contribution in [3.63, 3.8) is 0 Å². The summed E-state index contributed by atoms with van der Waals surface area (Å²) >= 11 is 1.59. The number of hydrogen-bond donors (Lipinski definition) is 4. The van der Waals surface area contributed by atoms with Gasteiger partial charge in [-0.25, -0.2) is 4.98 Å². The van der Waals surface area contributed by atoms with Gasteiger partial charge in [0.05, 0.1) is 40.5 Å². The number of nitrogens with two attached hydrogens (primary N) is 1. The SMILES string of the molecule is Cc1ncsc1-c1ccc(CNC(=O)[C@@H]2CCCN2C(=O)[C@@H](NC(=O)CC/C=C/c2ccc(CO[C@H](C)[C@H](CCC(N)=O)NC(=O)[C@@H]3Cc4cccc5c4N3C(=O)CCC5)cc2)C(C)(C)C)cc1. The van der Waals surface area contributed by atoms with Crippen molar-refractivity contribution in [2.45, 2.75) is 142 Å². The minimum atomic E-state index is -0.805. The maximum absolute atomic E-state index is 14.0. The molecule has 14 nitrogen and oxygen atoms in total. The number of primary amides is 1. The summed E-state index contributed by atoms with van der Waals surface area (Å²) in [6, 6.07) is 19.2. The molecule has 3 aliphatic heterocycles. The molecule has 5 N–H and O–H groups in total. The molecule has 1 fully saturated rings.